The largest absolute Gasteiger partial charge is 0.368 e. The lowest BCUT2D eigenvalue weighted by Gasteiger charge is -2.42. The van der Waals surface area contributed by atoms with Gasteiger partial charge in [-0.25, -0.2) is 4.79 Å². The smallest absolute Gasteiger partial charge is 0.354 e. The van der Waals surface area contributed by atoms with Crippen LogP contribution in [0.15, 0.2) is 41.3 Å². The van der Waals surface area contributed by atoms with Crippen molar-refractivity contribution in [2.75, 3.05) is 57.7 Å². The van der Waals surface area contributed by atoms with Gasteiger partial charge in [0.25, 0.3) is 0 Å². The van der Waals surface area contributed by atoms with E-state index in [2.05, 4.69) is 44.9 Å². The van der Waals surface area contributed by atoms with E-state index in [0.717, 1.165) is 23.9 Å². The van der Waals surface area contributed by atoms with Crippen molar-refractivity contribution in [1.82, 2.24) is 30.0 Å². The zero-order valence-electron chi connectivity index (χ0n) is 24.6. The molecule has 11 nitrogen and oxygen atoms in total. The van der Waals surface area contributed by atoms with Crippen molar-refractivity contribution in [3.8, 4) is 5.69 Å². The number of amides is 2. The molecule has 0 spiro atoms. The van der Waals surface area contributed by atoms with Crippen molar-refractivity contribution in [1.29, 1.82) is 0 Å². The minimum atomic E-state index is -1.03. The molecule has 0 aliphatic carbocycles. The van der Waals surface area contributed by atoms with E-state index in [1.807, 2.05) is 12.1 Å². The lowest BCUT2D eigenvalue weighted by Crippen LogP contribution is -2.53. The Balaban J connectivity index is 1.28. The molecule has 2 aliphatic heterocycles. The molecule has 1 aromatic carbocycles. The Labute approximate surface area is 242 Å². The van der Waals surface area contributed by atoms with Crippen LogP contribution in [-0.4, -0.2) is 95.6 Å². The van der Waals surface area contributed by atoms with Crippen LogP contribution >= 0.6 is 0 Å². The van der Waals surface area contributed by atoms with E-state index in [1.54, 1.807) is 31.0 Å². The number of carbonyl (C=O) groups excluding carboxylic acids is 2. The first-order valence-electron chi connectivity index (χ1n) is 14.8. The first kappa shape index (κ1) is 30.7. The molecule has 1 unspecified atom stereocenters. The zero-order valence-corrected chi connectivity index (χ0v) is 24.6. The predicted octanol–water partition coefficient (Wildman–Crippen LogP) is 0.819. The molecule has 2 amide bonds. The minimum absolute atomic E-state index is 0.223. The van der Waals surface area contributed by atoms with E-state index >= 15 is 0 Å². The van der Waals surface area contributed by atoms with Crippen molar-refractivity contribution in [3.05, 3.63) is 52.6 Å². The minimum Gasteiger partial charge on any atom is -0.368 e. The average molecular weight is 567 g/mol. The van der Waals surface area contributed by atoms with Gasteiger partial charge in [0.1, 0.15) is 5.82 Å². The Hall–Kier alpha value is -3.28. The number of carbonyl (C=O) groups is 2. The van der Waals surface area contributed by atoms with Gasteiger partial charge in [0.15, 0.2) is 0 Å². The van der Waals surface area contributed by atoms with Gasteiger partial charge in [-0.1, -0.05) is 12.1 Å². The van der Waals surface area contributed by atoms with E-state index in [1.165, 1.54) is 49.2 Å². The monoisotopic (exact) mass is 566 g/mol. The first-order valence-corrected chi connectivity index (χ1v) is 14.8. The Kier molecular flexibility index (Phi) is 10.5. The quantitative estimate of drug-likeness (QED) is 0.195. The topological polar surface area (TPSA) is 138 Å². The number of likely N-dealkylation sites (tertiary alicyclic amines) is 1. The SMILES string of the molecule is CC(Cc1ccc(-n2ccc(NCCN(CCNC=O)C(=O)C(C)(C)N)nc2=O)cc1)N1CCC(C2CNC2)CC1. The highest BCUT2D eigenvalue weighted by atomic mass is 16.2. The lowest BCUT2D eigenvalue weighted by molar-refractivity contribution is -0.135. The van der Waals surface area contributed by atoms with Crippen LogP contribution in [0, 0.1) is 11.8 Å². The summed E-state index contributed by atoms with van der Waals surface area (Å²) in [5, 5.41) is 9.08. The number of nitrogens with two attached hydrogens (primary N) is 1. The molecule has 2 aromatic rings. The van der Waals surface area contributed by atoms with Crippen molar-refractivity contribution < 1.29 is 9.59 Å². The summed E-state index contributed by atoms with van der Waals surface area (Å²) >= 11 is 0. The third-order valence-corrected chi connectivity index (χ3v) is 8.36. The maximum absolute atomic E-state index is 12.8. The highest BCUT2D eigenvalue weighted by Gasteiger charge is 2.31. The molecule has 5 N–H and O–H groups in total. The van der Waals surface area contributed by atoms with E-state index < -0.39 is 5.54 Å². The number of benzene rings is 1. The predicted molar refractivity (Wildman–Crippen MR) is 161 cm³/mol. The highest BCUT2D eigenvalue weighted by Crippen LogP contribution is 2.28. The first-order chi connectivity index (χ1) is 19.7. The Morgan fingerprint density at radius 1 is 1.15 bits per heavy atom. The van der Waals surface area contributed by atoms with Crippen molar-refractivity contribution in [2.45, 2.75) is 51.6 Å². The van der Waals surface area contributed by atoms with Crippen LogP contribution in [-0.2, 0) is 16.0 Å². The maximum atomic E-state index is 12.8. The number of nitrogens with zero attached hydrogens (tertiary/aromatic N) is 4. The number of aromatic nitrogens is 2. The van der Waals surface area contributed by atoms with Gasteiger partial charge in [-0.2, -0.15) is 4.98 Å². The van der Waals surface area contributed by atoms with Crippen LogP contribution in [0.1, 0.15) is 39.2 Å². The standard InChI is InChI=1S/C30H46N8O3/c1-22(36-13-8-24(9-14-36)25-19-33-20-25)18-23-4-6-26(7-5-23)38-15-10-27(35-29(38)41)34-12-17-37(16-11-32-21-39)28(40)30(2,3)31/h4-7,10,15,21-22,24-25,33H,8-9,11-14,16-20,31H2,1-3H3,(H,32,39)(H,34,35,41). The zero-order chi connectivity index (χ0) is 29.4. The Bertz CT molecular complexity index is 1200. The summed E-state index contributed by atoms with van der Waals surface area (Å²) < 4.78 is 1.52. The summed E-state index contributed by atoms with van der Waals surface area (Å²) in [6.45, 7) is 11.7. The van der Waals surface area contributed by atoms with Gasteiger partial charge in [0.2, 0.25) is 12.3 Å². The van der Waals surface area contributed by atoms with Crippen LogP contribution in [0.25, 0.3) is 5.69 Å². The molecule has 1 aromatic heterocycles. The summed E-state index contributed by atoms with van der Waals surface area (Å²) in [5.41, 5.74) is 6.60. The second-order valence-corrected chi connectivity index (χ2v) is 12.0. The van der Waals surface area contributed by atoms with Gasteiger partial charge in [0, 0.05) is 38.4 Å². The Morgan fingerprint density at radius 2 is 1.83 bits per heavy atom. The molecule has 2 aliphatic rings. The summed E-state index contributed by atoms with van der Waals surface area (Å²) in [7, 11) is 0. The molecule has 4 rings (SSSR count). The van der Waals surface area contributed by atoms with E-state index in [0.29, 0.717) is 44.4 Å². The number of hydrogen-bond acceptors (Lipinski definition) is 8. The van der Waals surface area contributed by atoms with Gasteiger partial charge in [0.05, 0.1) is 11.2 Å². The second kappa shape index (κ2) is 14.1. The molecule has 0 bridgehead atoms. The molecule has 0 saturated carbocycles. The van der Waals surface area contributed by atoms with Crippen molar-refractivity contribution in [3.63, 3.8) is 0 Å². The third-order valence-electron chi connectivity index (χ3n) is 8.36. The van der Waals surface area contributed by atoms with Gasteiger partial charge >= 0.3 is 5.69 Å². The van der Waals surface area contributed by atoms with E-state index in [9.17, 15) is 14.4 Å². The van der Waals surface area contributed by atoms with E-state index in [-0.39, 0.29) is 11.6 Å². The van der Waals surface area contributed by atoms with Crippen LogP contribution in [0.4, 0.5) is 5.82 Å². The highest BCUT2D eigenvalue weighted by molar-refractivity contribution is 5.85. The van der Waals surface area contributed by atoms with Gasteiger partial charge < -0.3 is 31.5 Å². The van der Waals surface area contributed by atoms with Gasteiger partial charge in [-0.15, -0.1) is 0 Å². The van der Waals surface area contributed by atoms with Crippen LogP contribution in [0.5, 0.6) is 0 Å². The summed E-state index contributed by atoms with van der Waals surface area (Å²) in [4.78, 5) is 44.4. The van der Waals surface area contributed by atoms with Crippen molar-refractivity contribution in [2.24, 2.45) is 17.6 Å². The molecule has 3 heterocycles. The third kappa shape index (κ3) is 8.37. The number of piperidine rings is 1. The summed E-state index contributed by atoms with van der Waals surface area (Å²) in [6, 6.07) is 10.4. The summed E-state index contributed by atoms with van der Waals surface area (Å²) in [6.07, 6.45) is 5.89. The molecular weight excluding hydrogens is 520 g/mol. The fourth-order valence-electron chi connectivity index (χ4n) is 5.74. The number of hydrogen-bond donors (Lipinski definition) is 4. The lowest BCUT2D eigenvalue weighted by atomic mass is 9.80. The number of nitrogens with one attached hydrogen (secondary N) is 3. The number of rotatable bonds is 14. The number of anilines is 1. The fraction of sp³-hybridized carbons (Fsp3) is 0.600. The molecule has 41 heavy (non-hydrogen) atoms. The molecular formula is C30H46N8O3. The molecule has 2 fully saturated rings. The molecule has 0 radical (unpaired) electrons. The maximum Gasteiger partial charge on any atom is 0.354 e. The molecule has 11 heteroatoms. The molecule has 2 saturated heterocycles. The molecule has 224 valence electrons. The van der Waals surface area contributed by atoms with E-state index in [4.69, 9.17) is 5.73 Å². The fourth-order valence-corrected chi connectivity index (χ4v) is 5.74. The second-order valence-electron chi connectivity index (χ2n) is 12.0. The van der Waals surface area contributed by atoms with Crippen LogP contribution in [0.3, 0.4) is 0 Å². The summed E-state index contributed by atoms with van der Waals surface area (Å²) in [5.74, 6) is 1.97. The van der Waals surface area contributed by atoms with Crippen molar-refractivity contribution >= 4 is 18.1 Å². The normalized spacial score (nSPS) is 17.5. The molecule has 1 atom stereocenters. The van der Waals surface area contributed by atoms with Gasteiger partial charge in [-0.3, -0.25) is 14.2 Å². The van der Waals surface area contributed by atoms with Crippen LogP contribution < -0.4 is 27.4 Å². The van der Waals surface area contributed by atoms with Crippen LogP contribution in [0.2, 0.25) is 0 Å². The average Bonchev–Trinajstić information content (AvgIpc) is 2.91. The van der Waals surface area contributed by atoms with Gasteiger partial charge in [-0.05, 0) is 102 Å². The Morgan fingerprint density at radius 3 is 2.41 bits per heavy atom.